The van der Waals surface area contributed by atoms with E-state index in [9.17, 15) is 48.6 Å². The standard InChI is InChI=1S/C44H69N13O10/c1-4-25(2)36(42(66)53-31(37(46)61)9-5-6-20-45)57-39(63)33(11-7-21-50-43(47)48)54-40(64)34(23-27-12-16-29(59)17-13-27)56-41(65)35(24-28-14-18-30(60)19-15-28)55-38(62)32(52-26(3)58)10-8-22-51-44(49)67/h12-19,25,31-36,59-60H,4-11,20-24,45H2,1-3H3,(H2,46,61)(H,52,58)(H,53,66)(H,54,64)(H,55,62)(H,56,65)(H,57,63)(H4,47,48,50)(H3,49,51,67)/t25-,31-,32-,33-,34-,35-,36-/m0/s1. The normalized spacial score (nSPS) is 14.0. The summed E-state index contributed by atoms with van der Waals surface area (Å²) < 4.78 is 0. The molecule has 0 aliphatic heterocycles. The number of carbonyl (C=O) groups is 8. The number of unbranched alkanes of at least 4 members (excludes halogenated alkanes) is 1. The van der Waals surface area contributed by atoms with Crippen LogP contribution in [0.1, 0.15) is 83.3 Å². The molecule has 0 saturated heterocycles. The van der Waals surface area contributed by atoms with Gasteiger partial charge in [-0.2, -0.15) is 0 Å². The molecule has 2 aromatic rings. The van der Waals surface area contributed by atoms with E-state index in [0.717, 1.165) is 0 Å². The number of hydrogen-bond acceptors (Lipinski definition) is 12. The van der Waals surface area contributed by atoms with Crippen LogP contribution >= 0.6 is 0 Å². The number of aliphatic imine (C=N–C) groups is 1. The highest BCUT2D eigenvalue weighted by Gasteiger charge is 2.34. The lowest BCUT2D eigenvalue weighted by Crippen LogP contribution is -2.61. The number of rotatable bonds is 30. The number of aromatic hydroxyl groups is 2. The molecule has 9 amide bonds. The maximum atomic E-state index is 14.5. The van der Waals surface area contributed by atoms with Gasteiger partial charge >= 0.3 is 6.03 Å². The van der Waals surface area contributed by atoms with Crippen molar-refractivity contribution < 1.29 is 48.6 Å². The Labute approximate surface area is 389 Å². The van der Waals surface area contributed by atoms with Crippen molar-refractivity contribution in [2.24, 2.45) is 39.6 Å². The molecule has 0 unspecified atom stereocenters. The van der Waals surface area contributed by atoms with Crippen molar-refractivity contribution >= 4 is 53.3 Å². The first-order chi connectivity index (χ1) is 31.7. The number of primary amides is 2. The quantitative estimate of drug-likeness (QED) is 0.0229. The van der Waals surface area contributed by atoms with Gasteiger partial charge in [-0.25, -0.2) is 4.79 Å². The average molecular weight is 940 g/mol. The van der Waals surface area contributed by atoms with Crippen LogP contribution in [-0.2, 0) is 46.4 Å². The zero-order chi connectivity index (χ0) is 50.1. The summed E-state index contributed by atoms with van der Waals surface area (Å²) in [6, 6.07) is 3.29. The van der Waals surface area contributed by atoms with Gasteiger partial charge in [0, 0.05) is 32.9 Å². The Morgan fingerprint density at radius 3 is 1.49 bits per heavy atom. The lowest BCUT2D eigenvalue weighted by molar-refractivity contribution is -0.136. The average Bonchev–Trinajstić information content (AvgIpc) is 3.27. The Morgan fingerprint density at radius 1 is 0.582 bits per heavy atom. The fraction of sp³-hybridized carbons (Fsp3) is 0.523. The van der Waals surface area contributed by atoms with Gasteiger partial charge in [0.2, 0.25) is 41.4 Å². The predicted molar refractivity (Wildman–Crippen MR) is 249 cm³/mol. The van der Waals surface area contributed by atoms with E-state index in [4.69, 9.17) is 28.7 Å². The monoisotopic (exact) mass is 940 g/mol. The molecular formula is C44H69N13O10. The number of phenols is 2. The highest BCUT2D eigenvalue weighted by atomic mass is 16.3. The molecule has 0 fully saturated rings. The fourth-order valence-corrected chi connectivity index (χ4v) is 6.77. The maximum absolute atomic E-state index is 14.5. The van der Waals surface area contributed by atoms with Crippen molar-refractivity contribution in [3.8, 4) is 11.5 Å². The first-order valence-electron chi connectivity index (χ1n) is 22.2. The van der Waals surface area contributed by atoms with Crippen LogP contribution in [0.3, 0.4) is 0 Å². The SMILES string of the molecule is CC[C@H](C)[C@H](NC(=O)[C@H](CCCN=C(N)N)NC(=O)[C@H](Cc1ccc(O)cc1)NC(=O)[C@H](Cc1ccc(O)cc1)NC(=O)[C@H](CCCNC(N)=O)NC(C)=O)C(=O)N[C@@H](CCCCN)C(N)=O. The van der Waals surface area contributed by atoms with Gasteiger partial charge in [-0.3, -0.25) is 38.6 Å². The summed E-state index contributed by atoms with van der Waals surface area (Å²) in [6.45, 7) is 5.26. The number of carbonyl (C=O) groups excluding carboxylic acids is 8. The number of hydrogen-bond donors (Lipinski definition) is 14. The van der Waals surface area contributed by atoms with E-state index in [2.05, 4.69) is 42.2 Å². The van der Waals surface area contributed by atoms with E-state index in [1.807, 2.05) is 0 Å². The molecule has 23 nitrogen and oxygen atoms in total. The topological polar surface area (TPSA) is 404 Å². The molecule has 0 aromatic heterocycles. The zero-order valence-corrected chi connectivity index (χ0v) is 38.3. The van der Waals surface area contributed by atoms with Crippen LogP contribution in [0.15, 0.2) is 53.5 Å². The van der Waals surface area contributed by atoms with Crippen LogP contribution in [0.2, 0.25) is 0 Å². The Bertz CT molecular complexity index is 1980. The first-order valence-corrected chi connectivity index (χ1v) is 22.2. The zero-order valence-electron chi connectivity index (χ0n) is 38.3. The lowest BCUT2D eigenvalue weighted by Gasteiger charge is -2.29. The molecule has 0 spiro atoms. The molecule has 0 bridgehead atoms. The lowest BCUT2D eigenvalue weighted by atomic mass is 9.96. The van der Waals surface area contributed by atoms with Gasteiger partial charge in [-0.15, -0.1) is 0 Å². The summed E-state index contributed by atoms with van der Waals surface area (Å²) in [6.07, 6.45) is 1.79. The second-order valence-corrected chi connectivity index (χ2v) is 16.2. The molecule has 67 heavy (non-hydrogen) atoms. The van der Waals surface area contributed by atoms with Gasteiger partial charge in [0.25, 0.3) is 0 Å². The van der Waals surface area contributed by atoms with Crippen molar-refractivity contribution in [2.75, 3.05) is 19.6 Å². The minimum atomic E-state index is -1.44. The van der Waals surface area contributed by atoms with Crippen molar-refractivity contribution in [3.05, 3.63) is 59.7 Å². The Morgan fingerprint density at radius 2 is 1.03 bits per heavy atom. The van der Waals surface area contributed by atoms with E-state index in [1.54, 1.807) is 13.8 Å². The van der Waals surface area contributed by atoms with Crippen LogP contribution < -0.4 is 65.9 Å². The summed E-state index contributed by atoms with van der Waals surface area (Å²) in [4.78, 5) is 110. The minimum Gasteiger partial charge on any atom is -0.508 e. The Kier molecular flexibility index (Phi) is 24.5. The number of urea groups is 1. The Hall–Kier alpha value is -7.17. The summed E-state index contributed by atoms with van der Waals surface area (Å²) in [5.74, 6) is -6.02. The van der Waals surface area contributed by atoms with Gasteiger partial charge in [0.05, 0.1) is 0 Å². The number of phenolic OH excluding ortho intramolecular Hbond substituents is 2. The summed E-state index contributed by atoms with van der Waals surface area (Å²) in [5.41, 5.74) is 28.3. The molecule has 370 valence electrons. The van der Waals surface area contributed by atoms with E-state index in [1.165, 1.54) is 55.5 Å². The molecule has 0 radical (unpaired) electrons. The third-order valence-corrected chi connectivity index (χ3v) is 10.7. The molecule has 0 aliphatic rings. The van der Waals surface area contributed by atoms with E-state index < -0.39 is 89.6 Å². The summed E-state index contributed by atoms with van der Waals surface area (Å²) >= 11 is 0. The van der Waals surface area contributed by atoms with Crippen LogP contribution in [0.4, 0.5) is 4.79 Å². The van der Waals surface area contributed by atoms with Crippen LogP contribution in [0.25, 0.3) is 0 Å². The predicted octanol–water partition coefficient (Wildman–Crippen LogP) is -2.03. The number of nitrogens with two attached hydrogens (primary N) is 5. The number of amides is 9. The molecule has 23 heteroatoms. The summed E-state index contributed by atoms with van der Waals surface area (Å²) in [7, 11) is 0. The molecule has 2 aromatic carbocycles. The molecule has 0 aliphatic carbocycles. The highest BCUT2D eigenvalue weighted by Crippen LogP contribution is 2.16. The van der Waals surface area contributed by atoms with Gasteiger partial charge in [0.15, 0.2) is 5.96 Å². The molecule has 2 rings (SSSR count). The molecular weight excluding hydrogens is 871 g/mol. The minimum absolute atomic E-state index is 0.0395. The van der Waals surface area contributed by atoms with E-state index >= 15 is 0 Å². The van der Waals surface area contributed by atoms with Crippen LogP contribution in [0, 0.1) is 5.92 Å². The number of benzene rings is 2. The van der Waals surface area contributed by atoms with Crippen molar-refractivity contribution in [1.29, 1.82) is 0 Å². The molecule has 19 N–H and O–H groups in total. The maximum Gasteiger partial charge on any atom is 0.312 e. The van der Waals surface area contributed by atoms with Gasteiger partial charge in [-0.1, -0.05) is 44.5 Å². The Balaban J connectivity index is 2.55. The highest BCUT2D eigenvalue weighted by molar-refractivity contribution is 5.97. The second kappa shape index (κ2) is 29.4. The third kappa shape index (κ3) is 21.6. The molecule has 0 saturated carbocycles. The molecule has 7 atom stereocenters. The first kappa shape index (κ1) is 56.0. The second-order valence-electron chi connectivity index (χ2n) is 16.2. The van der Waals surface area contributed by atoms with Crippen LogP contribution in [0.5, 0.6) is 11.5 Å². The number of guanidine groups is 1. The third-order valence-electron chi connectivity index (χ3n) is 10.7. The van der Waals surface area contributed by atoms with Gasteiger partial charge in [-0.05, 0) is 92.8 Å². The number of nitrogens with one attached hydrogen (secondary N) is 7. The van der Waals surface area contributed by atoms with Gasteiger partial charge < -0.3 is 76.1 Å². The van der Waals surface area contributed by atoms with Crippen LogP contribution in [-0.4, -0.2) is 119 Å². The smallest absolute Gasteiger partial charge is 0.312 e. The van der Waals surface area contributed by atoms with E-state index in [-0.39, 0.29) is 75.5 Å². The van der Waals surface area contributed by atoms with Crippen molar-refractivity contribution in [3.63, 3.8) is 0 Å². The van der Waals surface area contributed by atoms with Gasteiger partial charge in [0.1, 0.15) is 47.8 Å². The fourth-order valence-electron chi connectivity index (χ4n) is 6.77. The van der Waals surface area contributed by atoms with Crippen molar-refractivity contribution in [2.45, 2.75) is 121 Å². The largest absolute Gasteiger partial charge is 0.508 e. The summed E-state index contributed by atoms with van der Waals surface area (Å²) in [5, 5.41) is 38.3. The van der Waals surface area contributed by atoms with Crippen molar-refractivity contribution in [1.82, 2.24) is 37.2 Å². The number of nitrogens with zero attached hydrogens (tertiary/aromatic N) is 1. The molecule has 0 heterocycles. The van der Waals surface area contributed by atoms with E-state index in [0.29, 0.717) is 36.9 Å².